The van der Waals surface area contributed by atoms with Crippen LogP contribution in [0.1, 0.15) is 25.8 Å². The van der Waals surface area contributed by atoms with Crippen molar-refractivity contribution in [1.82, 2.24) is 4.90 Å². The molecule has 1 unspecified atom stereocenters. The zero-order valence-corrected chi connectivity index (χ0v) is 12.1. The van der Waals surface area contributed by atoms with Gasteiger partial charge in [0, 0.05) is 19.5 Å². The average molecular weight is 278 g/mol. The van der Waals surface area contributed by atoms with Gasteiger partial charge in [-0.2, -0.15) is 0 Å². The lowest BCUT2D eigenvalue weighted by Gasteiger charge is -2.22. The van der Waals surface area contributed by atoms with Crippen molar-refractivity contribution in [3.63, 3.8) is 0 Å². The first-order valence-electron chi connectivity index (χ1n) is 7.00. The molecule has 1 atom stereocenters. The standard InChI is InChI=1S/C15H22N2O3/c1-3-17(15(18)6-11(2)8-16)9-12-4-5-13-14(7-12)20-10-19-13/h4-5,7,11H,3,6,8-10,16H2,1-2H3. The Morgan fingerprint density at radius 3 is 2.85 bits per heavy atom. The molecule has 5 nitrogen and oxygen atoms in total. The molecule has 1 heterocycles. The van der Waals surface area contributed by atoms with E-state index in [-0.39, 0.29) is 18.6 Å². The second-order valence-corrected chi connectivity index (χ2v) is 5.14. The molecular formula is C15H22N2O3. The van der Waals surface area contributed by atoms with E-state index in [9.17, 15) is 4.79 Å². The molecule has 5 heteroatoms. The molecule has 0 aromatic heterocycles. The van der Waals surface area contributed by atoms with E-state index in [0.29, 0.717) is 26.1 Å². The van der Waals surface area contributed by atoms with Crippen LogP contribution in [0.2, 0.25) is 0 Å². The molecule has 110 valence electrons. The van der Waals surface area contributed by atoms with Crippen LogP contribution < -0.4 is 15.2 Å². The largest absolute Gasteiger partial charge is 0.454 e. The highest BCUT2D eigenvalue weighted by atomic mass is 16.7. The maximum absolute atomic E-state index is 12.2. The summed E-state index contributed by atoms with van der Waals surface area (Å²) in [6, 6.07) is 5.79. The molecule has 20 heavy (non-hydrogen) atoms. The van der Waals surface area contributed by atoms with Crippen LogP contribution >= 0.6 is 0 Å². The van der Waals surface area contributed by atoms with Gasteiger partial charge >= 0.3 is 0 Å². The molecule has 2 rings (SSSR count). The molecule has 2 N–H and O–H groups in total. The number of ether oxygens (including phenoxy) is 2. The van der Waals surface area contributed by atoms with Gasteiger partial charge in [-0.05, 0) is 37.1 Å². The summed E-state index contributed by atoms with van der Waals surface area (Å²) in [5.41, 5.74) is 6.62. The predicted molar refractivity (Wildman–Crippen MR) is 76.5 cm³/mol. The van der Waals surface area contributed by atoms with Crippen LogP contribution in [0.3, 0.4) is 0 Å². The number of nitrogens with two attached hydrogens (primary N) is 1. The number of carbonyl (C=O) groups excluding carboxylic acids is 1. The van der Waals surface area contributed by atoms with Crippen molar-refractivity contribution < 1.29 is 14.3 Å². The highest BCUT2D eigenvalue weighted by Gasteiger charge is 2.17. The van der Waals surface area contributed by atoms with E-state index >= 15 is 0 Å². The van der Waals surface area contributed by atoms with Crippen molar-refractivity contribution in [2.45, 2.75) is 26.8 Å². The topological polar surface area (TPSA) is 64.8 Å². The van der Waals surface area contributed by atoms with Crippen molar-refractivity contribution in [3.05, 3.63) is 23.8 Å². The average Bonchev–Trinajstić information content (AvgIpc) is 2.91. The summed E-state index contributed by atoms with van der Waals surface area (Å²) >= 11 is 0. The molecule has 0 radical (unpaired) electrons. The molecule has 1 aliphatic heterocycles. The lowest BCUT2D eigenvalue weighted by atomic mass is 10.1. The predicted octanol–water partition coefficient (Wildman–Crippen LogP) is 1.75. The van der Waals surface area contributed by atoms with Crippen LogP contribution in [-0.4, -0.2) is 30.7 Å². The molecule has 1 amide bonds. The summed E-state index contributed by atoms with van der Waals surface area (Å²) in [5.74, 6) is 1.87. The number of hydrogen-bond acceptors (Lipinski definition) is 4. The maximum Gasteiger partial charge on any atom is 0.231 e. The number of nitrogens with zero attached hydrogens (tertiary/aromatic N) is 1. The SMILES string of the molecule is CCN(Cc1ccc2c(c1)OCO2)C(=O)CC(C)CN. The van der Waals surface area contributed by atoms with Crippen molar-refractivity contribution in [2.75, 3.05) is 19.9 Å². The first kappa shape index (κ1) is 14.7. The van der Waals surface area contributed by atoms with Crippen LogP contribution in [0.15, 0.2) is 18.2 Å². The Morgan fingerprint density at radius 2 is 2.15 bits per heavy atom. The number of carbonyl (C=O) groups is 1. The van der Waals surface area contributed by atoms with Gasteiger partial charge in [0.2, 0.25) is 12.7 Å². The number of benzene rings is 1. The van der Waals surface area contributed by atoms with E-state index in [1.54, 1.807) is 0 Å². The van der Waals surface area contributed by atoms with Crippen LogP contribution in [0.25, 0.3) is 0 Å². The minimum Gasteiger partial charge on any atom is -0.454 e. The monoisotopic (exact) mass is 278 g/mol. The molecule has 1 aromatic carbocycles. The van der Waals surface area contributed by atoms with E-state index in [1.807, 2.05) is 36.9 Å². The van der Waals surface area contributed by atoms with Crippen molar-refractivity contribution in [3.8, 4) is 11.5 Å². The highest BCUT2D eigenvalue weighted by Crippen LogP contribution is 2.32. The Labute approximate surface area is 119 Å². The minimum atomic E-state index is 0.142. The molecule has 0 fully saturated rings. The maximum atomic E-state index is 12.2. The molecule has 0 saturated carbocycles. The first-order chi connectivity index (χ1) is 9.63. The molecule has 0 saturated heterocycles. The molecule has 1 aliphatic rings. The van der Waals surface area contributed by atoms with Crippen molar-refractivity contribution >= 4 is 5.91 Å². The summed E-state index contributed by atoms with van der Waals surface area (Å²) in [4.78, 5) is 14.0. The molecule has 1 aromatic rings. The Kier molecular flexibility index (Phi) is 4.84. The molecule has 0 aliphatic carbocycles. The summed E-state index contributed by atoms with van der Waals surface area (Å²) in [5, 5.41) is 0. The number of amides is 1. The Bertz CT molecular complexity index is 476. The summed E-state index contributed by atoms with van der Waals surface area (Å²) in [6.07, 6.45) is 0.495. The molecular weight excluding hydrogens is 256 g/mol. The van der Waals surface area contributed by atoms with E-state index in [1.165, 1.54) is 0 Å². The summed E-state index contributed by atoms with van der Waals surface area (Å²) in [6.45, 7) is 6.05. The van der Waals surface area contributed by atoms with Crippen LogP contribution in [0.5, 0.6) is 11.5 Å². The van der Waals surface area contributed by atoms with Crippen molar-refractivity contribution in [1.29, 1.82) is 0 Å². The lowest BCUT2D eigenvalue weighted by molar-refractivity contribution is -0.132. The van der Waals surface area contributed by atoms with Gasteiger partial charge in [0.25, 0.3) is 0 Å². The van der Waals surface area contributed by atoms with Gasteiger partial charge in [-0.3, -0.25) is 4.79 Å². The molecule has 0 spiro atoms. The van der Waals surface area contributed by atoms with Gasteiger partial charge in [0.1, 0.15) is 0 Å². The zero-order chi connectivity index (χ0) is 14.5. The highest BCUT2D eigenvalue weighted by molar-refractivity contribution is 5.76. The Hall–Kier alpha value is -1.75. The van der Waals surface area contributed by atoms with E-state index in [4.69, 9.17) is 15.2 Å². The number of fused-ring (bicyclic) bond motifs is 1. The minimum absolute atomic E-state index is 0.142. The molecule has 0 bridgehead atoms. The third-order valence-corrected chi connectivity index (χ3v) is 3.47. The van der Waals surface area contributed by atoms with E-state index in [2.05, 4.69) is 0 Å². The second-order valence-electron chi connectivity index (χ2n) is 5.14. The van der Waals surface area contributed by atoms with E-state index in [0.717, 1.165) is 17.1 Å². The third-order valence-electron chi connectivity index (χ3n) is 3.47. The smallest absolute Gasteiger partial charge is 0.231 e. The fourth-order valence-corrected chi connectivity index (χ4v) is 2.15. The number of rotatable bonds is 6. The Balaban J connectivity index is 2.01. The Morgan fingerprint density at radius 1 is 1.40 bits per heavy atom. The van der Waals surface area contributed by atoms with Crippen LogP contribution in [-0.2, 0) is 11.3 Å². The van der Waals surface area contributed by atoms with Crippen molar-refractivity contribution in [2.24, 2.45) is 11.7 Å². The fraction of sp³-hybridized carbons (Fsp3) is 0.533. The van der Waals surface area contributed by atoms with Gasteiger partial charge < -0.3 is 20.1 Å². The second kappa shape index (κ2) is 6.61. The zero-order valence-electron chi connectivity index (χ0n) is 12.1. The van der Waals surface area contributed by atoms with Crippen LogP contribution in [0, 0.1) is 5.92 Å². The summed E-state index contributed by atoms with van der Waals surface area (Å²) < 4.78 is 10.6. The van der Waals surface area contributed by atoms with E-state index < -0.39 is 0 Å². The normalized spacial score (nSPS) is 14.2. The van der Waals surface area contributed by atoms with Gasteiger partial charge in [-0.1, -0.05) is 13.0 Å². The summed E-state index contributed by atoms with van der Waals surface area (Å²) in [7, 11) is 0. The third kappa shape index (κ3) is 3.42. The fourth-order valence-electron chi connectivity index (χ4n) is 2.15. The first-order valence-corrected chi connectivity index (χ1v) is 7.00. The quantitative estimate of drug-likeness (QED) is 0.861. The van der Waals surface area contributed by atoms with Gasteiger partial charge in [0.15, 0.2) is 11.5 Å². The van der Waals surface area contributed by atoms with Gasteiger partial charge in [-0.25, -0.2) is 0 Å². The van der Waals surface area contributed by atoms with Crippen LogP contribution in [0.4, 0.5) is 0 Å². The van der Waals surface area contributed by atoms with Gasteiger partial charge in [-0.15, -0.1) is 0 Å². The van der Waals surface area contributed by atoms with Gasteiger partial charge in [0.05, 0.1) is 0 Å². The number of hydrogen-bond donors (Lipinski definition) is 1. The lowest BCUT2D eigenvalue weighted by Crippen LogP contribution is -2.32.